The van der Waals surface area contributed by atoms with Gasteiger partial charge in [-0.1, -0.05) is 38.5 Å². The van der Waals surface area contributed by atoms with E-state index in [1.165, 1.54) is 12.8 Å². The summed E-state index contributed by atoms with van der Waals surface area (Å²) in [5.41, 5.74) is 0. The molecule has 4 bridgehead atoms. The third-order valence-corrected chi connectivity index (χ3v) is 6.49. The fraction of sp³-hybridized carbons (Fsp3) is 1.00. The van der Waals surface area contributed by atoms with Crippen molar-refractivity contribution in [3.63, 3.8) is 0 Å². The van der Waals surface area contributed by atoms with Gasteiger partial charge < -0.3 is 0 Å². The average Bonchev–Trinajstić information content (AvgIpc) is 2.51. The SMILES string of the molecule is Br[C@@H]1C[C@H]2CC3[C@@H]1C2C[C@H]3I. The zero-order chi connectivity index (χ0) is 7.59. The third kappa shape index (κ3) is 0.862. The topological polar surface area (TPSA) is 0 Å². The van der Waals surface area contributed by atoms with Crippen LogP contribution in [0.3, 0.4) is 0 Å². The summed E-state index contributed by atoms with van der Waals surface area (Å²) in [6.45, 7) is 0. The Morgan fingerprint density at radius 1 is 1.09 bits per heavy atom. The van der Waals surface area contributed by atoms with Crippen molar-refractivity contribution in [2.75, 3.05) is 0 Å². The van der Waals surface area contributed by atoms with E-state index in [0.29, 0.717) is 0 Å². The molecule has 0 aromatic rings. The first kappa shape index (κ1) is 7.60. The Labute approximate surface area is 89.8 Å². The van der Waals surface area contributed by atoms with Gasteiger partial charge in [-0.2, -0.15) is 0 Å². The molecule has 0 aliphatic heterocycles. The van der Waals surface area contributed by atoms with Crippen LogP contribution in [-0.4, -0.2) is 8.75 Å². The maximum Gasteiger partial charge on any atom is 0.0182 e. The fourth-order valence-corrected chi connectivity index (χ4v) is 6.36. The molecule has 2 heteroatoms. The second kappa shape index (κ2) is 2.37. The standard InChI is InChI=1S/C9H12BrI/c10-7-2-4-1-6-8(11)3-5(4)9(6)7/h4-9H,1-3H2/t4-,5?,6?,7-,8-,9+/m1/s1. The minimum absolute atomic E-state index is 0.885. The van der Waals surface area contributed by atoms with Gasteiger partial charge in [0.15, 0.2) is 0 Å². The Morgan fingerprint density at radius 2 is 1.91 bits per heavy atom. The second-order valence-electron chi connectivity index (χ2n) is 4.40. The van der Waals surface area contributed by atoms with Crippen molar-refractivity contribution in [1.82, 2.24) is 0 Å². The molecule has 0 spiro atoms. The molecule has 0 heterocycles. The average molecular weight is 327 g/mol. The lowest BCUT2D eigenvalue weighted by atomic mass is 9.86. The molecular formula is C9H12BrI. The number of hydrogen-bond donors (Lipinski definition) is 0. The number of rotatable bonds is 0. The van der Waals surface area contributed by atoms with Crippen molar-refractivity contribution in [3.8, 4) is 0 Å². The van der Waals surface area contributed by atoms with Crippen molar-refractivity contribution >= 4 is 38.5 Å². The molecule has 0 saturated heterocycles. The zero-order valence-electron chi connectivity index (χ0n) is 6.34. The summed E-state index contributed by atoms with van der Waals surface area (Å²) in [5.74, 6) is 4.39. The predicted molar refractivity (Wildman–Crippen MR) is 58.3 cm³/mol. The van der Waals surface area contributed by atoms with Crippen LogP contribution < -0.4 is 0 Å². The molecule has 11 heavy (non-hydrogen) atoms. The molecule has 0 amide bonds. The van der Waals surface area contributed by atoms with Crippen LogP contribution in [0.4, 0.5) is 0 Å². The summed E-state index contributed by atoms with van der Waals surface area (Å²) in [4.78, 5) is 0.885. The van der Waals surface area contributed by atoms with E-state index in [9.17, 15) is 0 Å². The molecule has 62 valence electrons. The summed E-state index contributed by atoms with van der Waals surface area (Å²) >= 11 is 6.51. The molecule has 3 saturated carbocycles. The molecule has 0 nitrogen and oxygen atoms in total. The number of alkyl halides is 2. The Balaban J connectivity index is 1.96. The van der Waals surface area contributed by atoms with Crippen LogP contribution in [0.2, 0.25) is 0 Å². The van der Waals surface area contributed by atoms with Crippen LogP contribution in [-0.2, 0) is 0 Å². The van der Waals surface area contributed by atoms with E-state index >= 15 is 0 Å². The van der Waals surface area contributed by atoms with Gasteiger partial charge in [0.05, 0.1) is 0 Å². The highest BCUT2D eigenvalue weighted by molar-refractivity contribution is 14.1. The van der Waals surface area contributed by atoms with E-state index in [4.69, 9.17) is 0 Å². The largest absolute Gasteiger partial charge is 0.0887 e. The van der Waals surface area contributed by atoms with Gasteiger partial charge in [0, 0.05) is 8.75 Å². The maximum absolute atomic E-state index is 3.84. The molecule has 3 aliphatic rings. The minimum Gasteiger partial charge on any atom is -0.0887 e. The van der Waals surface area contributed by atoms with E-state index < -0.39 is 0 Å². The lowest BCUT2D eigenvalue weighted by Crippen LogP contribution is -2.24. The first-order chi connectivity index (χ1) is 5.27. The lowest BCUT2D eigenvalue weighted by molar-refractivity contribution is 0.336. The van der Waals surface area contributed by atoms with Gasteiger partial charge >= 0.3 is 0 Å². The normalized spacial score (nSPS) is 66.0. The quantitative estimate of drug-likeness (QED) is 0.473. The van der Waals surface area contributed by atoms with E-state index in [1.807, 2.05) is 0 Å². The summed E-state index contributed by atoms with van der Waals surface area (Å²) in [6, 6.07) is 0. The van der Waals surface area contributed by atoms with Gasteiger partial charge in [-0.25, -0.2) is 0 Å². The molecule has 3 fully saturated rings. The van der Waals surface area contributed by atoms with Gasteiger partial charge in [0.1, 0.15) is 0 Å². The van der Waals surface area contributed by atoms with E-state index in [1.54, 1.807) is 6.42 Å². The molecule has 3 aliphatic carbocycles. The van der Waals surface area contributed by atoms with Crippen LogP contribution in [0.1, 0.15) is 19.3 Å². The smallest absolute Gasteiger partial charge is 0.0182 e. The Hall–Kier alpha value is 1.21. The number of halogens is 2. The van der Waals surface area contributed by atoms with Gasteiger partial charge in [-0.05, 0) is 42.9 Å². The summed E-state index contributed by atoms with van der Waals surface area (Å²) < 4.78 is 1.01. The Morgan fingerprint density at radius 3 is 2.55 bits per heavy atom. The second-order valence-corrected chi connectivity index (χ2v) is 7.18. The first-order valence-electron chi connectivity index (χ1n) is 4.55. The fourth-order valence-electron chi connectivity index (χ4n) is 3.74. The van der Waals surface area contributed by atoms with Crippen molar-refractivity contribution in [2.45, 2.75) is 28.0 Å². The Kier molecular flexibility index (Phi) is 1.64. The van der Waals surface area contributed by atoms with E-state index in [2.05, 4.69) is 38.5 Å². The van der Waals surface area contributed by atoms with Gasteiger partial charge in [0.25, 0.3) is 0 Å². The van der Waals surface area contributed by atoms with E-state index in [0.717, 1.165) is 32.4 Å². The van der Waals surface area contributed by atoms with Gasteiger partial charge in [-0.3, -0.25) is 0 Å². The Bertz CT molecular complexity index is 190. The summed E-state index contributed by atoms with van der Waals surface area (Å²) in [6.07, 6.45) is 4.57. The van der Waals surface area contributed by atoms with Gasteiger partial charge in [0.2, 0.25) is 0 Å². The maximum atomic E-state index is 3.84. The molecule has 6 atom stereocenters. The summed E-state index contributed by atoms with van der Waals surface area (Å²) in [7, 11) is 0. The van der Waals surface area contributed by atoms with Crippen molar-refractivity contribution in [1.29, 1.82) is 0 Å². The third-order valence-electron chi connectivity index (χ3n) is 4.08. The van der Waals surface area contributed by atoms with Crippen LogP contribution >= 0.6 is 38.5 Å². The molecule has 2 unspecified atom stereocenters. The van der Waals surface area contributed by atoms with Crippen molar-refractivity contribution in [3.05, 3.63) is 0 Å². The first-order valence-corrected chi connectivity index (χ1v) is 6.71. The van der Waals surface area contributed by atoms with Crippen LogP contribution in [0, 0.1) is 23.7 Å². The molecule has 0 N–H and O–H groups in total. The molecule has 0 radical (unpaired) electrons. The van der Waals surface area contributed by atoms with Crippen LogP contribution in [0.15, 0.2) is 0 Å². The van der Waals surface area contributed by atoms with E-state index in [-0.39, 0.29) is 0 Å². The highest BCUT2D eigenvalue weighted by Crippen LogP contribution is 2.64. The zero-order valence-corrected chi connectivity index (χ0v) is 10.1. The molecule has 0 aromatic carbocycles. The highest BCUT2D eigenvalue weighted by Gasteiger charge is 2.59. The lowest BCUT2D eigenvalue weighted by Gasteiger charge is -2.27. The molecular weight excluding hydrogens is 315 g/mol. The summed E-state index contributed by atoms with van der Waals surface area (Å²) in [5, 5.41) is 0. The monoisotopic (exact) mass is 326 g/mol. The molecule has 0 aromatic heterocycles. The van der Waals surface area contributed by atoms with Crippen LogP contribution in [0.5, 0.6) is 0 Å². The number of hydrogen-bond acceptors (Lipinski definition) is 0. The van der Waals surface area contributed by atoms with Crippen molar-refractivity contribution < 1.29 is 0 Å². The minimum atomic E-state index is 0.885. The van der Waals surface area contributed by atoms with Gasteiger partial charge in [-0.15, -0.1) is 0 Å². The van der Waals surface area contributed by atoms with Crippen LogP contribution in [0.25, 0.3) is 0 Å². The van der Waals surface area contributed by atoms with Crippen molar-refractivity contribution in [2.24, 2.45) is 23.7 Å². The molecule has 3 rings (SSSR count). The highest BCUT2D eigenvalue weighted by atomic mass is 127. The predicted octanol–water partition coefficient (Wildman–Crippen LogP) is 3.23.